The van der Waals surface area contributed by atoms with Crippen LogP contribution in [0.1, 0.15) is 0 Å². The van der Waals surface area contributed by atoms with Crippen molar-refractivity contribution in [3.63, 3.8) is 0 Å². The highest BCUT2D eigenvalue weighted by molar-refractivity contribution is 5.78. The zero-order valence-electron chi connectivity index (χ0n) is 13.7. The second kappa shape index (κ2) is 6.52. The minimum atomic E-state index is -0.510. The highest BCUT2D eigenvalue weighted by Crippen LogP contribution is 2.22. The first-order chi connectivity index (χ1) is 12.6. The summed E-state index contributed by atoms with van der Waals surface area (Å²) in [4.78, 5) is 34.3. The molecule has 1 fully saturated rings. The van der Waals surface area contributed by atoms with Crippen LogP contribution < -0.4 is 10.5 Å². The van der Waals surface area contributed by atoms with Gasteiger partial charge in [0.15, 0.2) is 0 Å². The lowest BCUT2D eigenvalue weighted by atomic mass is 10.2. The Balaban J connectivity index is 1.81. The number of para-hydroxylation sites is 2. The van der Waals surface area contributed by atoms with Crippen molar-refractivity contribution in [3.8, 4) is 5.69 Å². The molecule has 0 radical (unpaired) electrons. The first kappa shape index (κ1) is 16.2. The second-order valence-electron chi connectivity index (χ2n) is 5.81. The minimum absolute atomic E-state index is 0.139. The molecular formula is C17H15N5O4. The third-order valence-corrected chi connectivity index (χ3v) is 4.27. The molecule has 9 nitrogen and oxygen atoms in total. The zero-order chi connectivity index (χ0) is 18.1. The summed E-state index contributed by atoms with van der Waals surface area (Å²) < 4.78 is 6.57. The molecular weight excluding hydrogens is 338 g/mol. The summed E-state index contributed by atoms with van der Waals surface area (Å²) in [7, 11) is 0. The number of fused-ring (bicyclic) bond motifs is 1. The summed E-state index contributed by atoms with van der Waals surface area (Å²) in [6.07, 6.45) is 2.98. The molecule has 1 aliphatic heterocycles. The number of aromatic nitrogens is 3. The van der Waals surface area contributed by atoms with E-state index in [1.54, 1.807) is 18.2 Å². The number of benzene rings is 1. The number of rotatable bonds is 3. The number of nitrogens with zero attached hydrogens (tertiary/aromatic N) is 5. The normalized spacial score (nSPS) is 14.5. The second-order valence-corrected chi connectivity index (χ2v) is 5.81. The molecule has 0 spiro atoms. The van der Waals surface area contributed by atoms with Gasteiger partial charge in [-0.15, -0.1) is 0 Å². The molecule has 2 aromatic heterocycles. The van der Waals surface area contributed by atoms with Crippen LogP contribution in [0.5, 0.6) is 0 Å². The van der Waals surface area contributed by atoms with Crippen LogP contribution in [0.4, 0.5) is 11.6 Å². The van der Waals surface area contributed by atoms with Gasteiger partial charge >= 0.3 is 0 Å². The van der Waals surface area contributed by atoms with Crippen LogP contribution in [0.3, 0.4) is 0 Å². The molecule has 3 heterocycles. The molecule has 0 aliphatic carbocycles. The van der Waals surface area contributed by atoms with Crippen molar-refractivity contribution in [3.05, 3.63) is 63.2 Å². The van der Waals surface area contributed by atoms with Crippen molar-refractivity contribution in [2.24, 2.45) is 0 Å². The fraction of sp³-hybridized carbons (Fsp3) is 0.235. The monoisotopic (exact) mass is 353 g/mol. The maximum atomic E-state index is 12.8. The molecule has 0 amide bonds. The van der Waals surface area contributed by atoms with E-state index in [1.165, 1.54) is 29.1 Å². The van der Waals surface area contributed by atoms with Crippen molar-refractivity contribution in [1.82, 2.24) is 14.5 Å². The van der Waals surface area contributed by atoms with Crippen molar-refractivity contribution in [1.29, 1.82) is 0 Å². The Kier molecular flexibility index (Phi) is 4.05. The third-order valence-electron chi connectivity index (χ3n) is 4.27. The van der Waals surface area contributed by atoms with Gasteiger partial charge in [-0.1, -0.05) is 12.1 Å². The minimum Gasteiger partial charge on any atom is -0.378 e. The summed E-state index contributed by atoms with van der Waals surface area (Å²) in [5.41, 5.74) is 0.174. The fourth-order valence-corrected chi connectivity index (χ4v) is 2.95. The summed E-state index contributed by atoms with van der Waals surface area (Å²) in [5, 5.41) is 11.5. The predicted molar refractivity (Wildman–Crippen MR) is 94.8 cm³/mol. The third kappa shape index (κ3) is 2.78. The van der Waals surface area contributed by atoms with E-state index in [-0.39, 0.29) is 11.4 Å². The van der Waals surface area contributed by atoms with Crippen LogP contribution in [-0.4, -0.2) is 45.8 Å². The van der Waals surface area contributed by atoms with Crippen LogP contribution in [0, 0.1) is 10.1 Å². The van der Waals surface area contributed by atoms with Crippen LogP contribution in [0.25, 0.3) is 16.6 Å². The van der Waals surface area contributed by atoms with E-state index in [4.69, 9.17) is 4.74 Å². The van der Waals surface area contributed by atoms with Crippen molar-refractivity contribution in [2.75, 3.05) is 31.2 Å². The van der Waals surface area contributed by atoms with E-state index in [0.717, 1.165) is 0 Å². The van der Waals surface area contributed by atoms with Crippen LogP contribution in [-0.2, 0) is 4.74 Å². The predicted octanol–water partition coefficient (Wildman–Crippen LogP) is 1.53. The lowest BCUT2D eigenvalue weighted by Gasteiger charge is -2.26. The van der Waals surface area contributed by atoms with Gasteiger partial charge in [-0.2, -0.15) is 0 Å². The smallest absolute Gasteiger partial charge is 0.293 e. The van der Waals surface area contributed by atoms with Gasteiger partial charge in [0.25, 0.3) is 11.2 Å². The largest absolute Gasteiger partial charge is 0.378 e. The number of pyridine rings is 1. The van der Waals surface area contributed by atoms with E-state index >= 15 is 0 Å². The molecule has 26 heavy (non-hydrogen) atoms. The van der Waals surface area contributed by atoms with Gasteiger partial charge in [-0.05, 0) is 12.1 Å². The quantitative estimate of drug-likeness (QED) is 0.519. The SMILES string of the molecule is O=c1c2cnc(N3CCOCC3)nc2ccn1-c1ccccc1[N+](=O)[O-]. The topological polar surface area (TPSA) is 103 Å². The molecule has 0 atom stereocenters. The molecule has 3 aromatic rings. The van der Waals surface area contributed by atoms with E-state index in [2.05, 4.69) is 9.97 Å². The van der Waals surface area contributed by atoms with Crippen molar-refractivity contribution in [2.45, 2.75) is 0 Å². The molecule has 1 saturated heterocycles. The van der Waals surface area contributed by atoms with Crippen molar-refractivity contribution < 1.29 is 9.66 Å². The first-order valence-corrected chi connectivity index (χ1v) is 8.10. The standard InChI is InChI=1S/C17H15N5O4/c23-16-12-11-18-17(20-7-9-26-10-8-20)19-13(12)5-6-21(16)14-3-1-2-4-15(14)22(24)25/h1-6,11H,7-10H2. The van der Waals surface area contributed by atoms with E-state index in [0.29, 0.717) is 43.2 Å². The van der Waals surface area contributed by atoms with Crippen LogP contribution in [0.15, 0.2) is 47.5 Å². The summed E-state index contributed by atoms with van der Waals surface area (Å²) in [6.45, 7) is 2.61. The maximum absolute atomic E-state index is 12.8. The highest BCUT2D eigenvalue weighted by atomic mass is 16.6. The summed E-state index contributed by atoms with van der Waals surface area (Å²) in [6, 6.07) is 7.78. The van der Waals surface area contributed by atoms with Crippen LogP contribution >= 0.6 is 0 Å². The average molecular weight is 353 g/mol. The molecule has 132 valence electrons. The lowest BCUT2D eigenvalue weighted by molar-refractivity contribution is -0.384. The van der Waals surface area contributed by atoms with Gasteiger partial charge < -0.3 is 9.64 Å². The number of nitro benzene ring substituents is 1. The molecule has 0 unspecified atom stereocenters. The van der Waals surface area contributed by atoms with E-state index in [1.807, 2.05) is 4.90 Å². The molecule has 9 heteroatoms. The first-order valence-electron chi connectivity index (χ1n) is 8.10. The van der Waals surface area contributed by atoms with E-state index < -0.39 is 10.5 Å². The van der Waals surface area contributed by atoms with Gasteiger partial charge in [0, 0.05) is 31.5 Å². The Bertz CT molecular complexity index is 1040. The van der Waals surface area contributed by atoms with Gasteiger partial charge in [-0.3, -0.25) is 19.5 Å². The van der Waals surface area contributed by atoms with E-state index in [9.17, 15) is 14.9 Å². The highest BCUT2D eigenvalue weighted by Gasteiger charge is 2.18. The lowest BCUT2D eigenvalue weighted by Crippen LogP contribution is -2.37. The Labute approximate surface area is 147 Å². The number of hydrogen-bond donors (Lipinski definition) is 0. The number of hydrogen-bond acceptors (Lipinski definition) is 7. The van der Waals surface area contributed by atoms with Gasteiger partial charge in [0.1, 0.15) is 5.69 Å². The maximum Gasteiger partial charge on any atom is 0.293 e. The van der Waals surface area contributed by atoms with Crippen LogP contribution in [0.2, 0.25) is 0 Å². The van der Waals surface area contributed by atoms with Gasteiger partial charge in [-0.25, -0.2) is 9.97 Å². The number of morpholine rings is 1. The Hall–Kier alpha value is -3.33. The molecule has 4 rings (SSSR count). The van der Waals surface area contributed by atoms with Gasteiger partial charge in [0.2, 0.25) is 5.95 Å². The average Bonchev–Trinajstić information content (AvgIpc) is 2.69. The molecule has 0 bridgehead atoms. The molecule has 0 saturated carbocycles. The summed E-state index contributed by atoms with van der Waals surface area (Å²) in [5.74, 6) is 0.545. The summed E-state index contributed by atoms with van der Waals surface area (Å²) >= 11 is 0. The zero-order valence-corrected chi connectivity index (χ0v) is 13.7. The number of nitro groups is 1. The Morgan fingerprint density at radius 1 is 1.15 bits per heavy atom. The molecule has 1 aliphatic rings. The Morgan fingerprint density at radius 2 is 1.92 bits per heavy atom. The molecule has 1 aromatic carbocycles. The van der Waals surface area contributed by atoms with Crippen molar-refractivity contribution >= 4 is 22.5 Å². The molecule has 0 N–H and O–H groups in total. The number of anilines is 1. The number of ether oxygens (including phenoxy) is 1. The fourth-order valence-electron chi connectivity index (χ4n) is 2.95. The Morgan fingerprint density at radius 3 is 2.69 bits per heavy atom. The van der Waals surface area contributed by atoms with Gasteiger partial charge in [0.05, 0.1) is 29.0 Å².